The summed E-state index contributed by atoms with van der Waals surface area (Å²) in [5.74, 6) is -0.121. The van der Waals surface area contributed by atoms with Gasteiger partial charge in [-0.05, 0) is 37.6 Å². The molecule has 2 aromatic carbocycles. The quantitative estimate of drug-likeness (QED) is 0.822. The van der Waals surface area contributed by atoms with Crippen molar-refractivity contribution < 1.29 is 4.79 Å². The minimum absolute atomic E-state index is 0.121. The summed E-state index contributed by atoms with van der Waals surface area (Å²) in [5.41, 5.74) is 4.21. The maximum atomic E-state index is 11.7. The van der Waals surface area contributed by atoms with Gasteiger partial charge in [-0.15, -0.1) is 0 Å². The van der Waals surface area contributed by atoms with Crippen molar-refractivity contribution in [2.75, 3.05) is 5.32 Å². The van der Waals surface area contributed by atoms with Gasteiger partial charge in [0.15, 0.2) is 0 Å². The van der Waals surface area contributed by atoms with Crippen LogP contribution in [0.3, 0.4) is 0 Å². The van der Waals surface area contributed by atoms with Gasteiger partial charge in [-0.2, -0.15) is 0 Å². The Hall–Kier alpha value is -2.35. The molecule has 0 saturated carbocycles. The number of carbonyl (C=O) groups is 1. The Morgan fingerprint density at radius 1 is 0.895 bits per heavy atom. The molecule has 0 bridgehead atoms. The van der Waals surface area contributed by atoms with Gasteiger partial charge in [0.2, 0.25) is 5.91 Å². The van der Waals surface area contributed by atoms with Crippen LogP contribution in [-0.4, -0.2) is 5.91 Å². The van der Waals surface area contributed by atoms with Gasteiger partial charge < -0.3 is 5.32 Å². The van der Waals surface area contributed by atoms with E-state index >= 15 is 0 Å². The van der Waals surface area contributed by atoms with E-state index in [-0.39, 0.29) is 5.91 Å². The number of hydrogen-bond acceptors (Lipinski definition) is 1. The molecule has 0 heterocycles. The molecule has 0 spiro atoms. The van der Waals surface area contributed by atoms with Crippen LogP contribution < -0.4 is 5.32 Å². The second kappa shape index (κ2) is 6.01. The van der Waals surface area contributed by atoms with Gasteiger partial charge in [0, 0.05) is 11.8 Å². The standard InChI is InChI=1S/C17H17NO/c1-13-3-7-15(8-4-13)9-12-17(19)18-16-10-5-14(2)6-11-16/h3-12H,1-2H3,(H,18,19). The first-order valence-corrected chi connectivity index (χ1v) is 6.26. The van der Waals surface area contributed by atoms with Crippen LogP contribution in [0, 0.1) is 13.8 Å². The average molecular weight is 251 g/mol. The molecule has 0 radical (unpaired) electrons. The molecule has 96 valence electrons. The predicted octanol–water partition coefficient (Wildman–Crippen LogP) is 3.96. The minimum Gasteiger partial charge on any atom is -0.323 e. The summed E-state index contributed by atoms with van der Waals surface area (Å²) in [6.07, 6.45) is 3.35. The Morgan fingerprint density at radius 3 is 2.00 bits per heavy atom. The van der Waals surface area contributed by atoms with E-state index in [1.165, 1.54) is 11.1 Å². The predicted molar refractivity (Wildman–Crippen MR) is 80.0 cm³/mol. The normalized spacial score (nSPS) is 10.6. The van der Waals surface area contributed by atoms with Gasteiger partial charge in [-0.3, -0.25) is 4.79 Å². The van der Waals surface area contributed by atoms with Crippen LogP contribution in [0.5, 0.6) is 0 Å². The van der Waals surface area contributed by atoms with Gasteiger partial charge in [0.1, 0.15) is 0 Å². The van der Waals surface area contributed by atoms with Crippen LogP contribution in [0.25, 0.3) is 6.08 Å². The molecule has 2 heteroatoms. The summed E-state index contributed by atoms with van der Waals surface area (Å²) >= 11 is 0. The van der Waals surface area contributed by atoms with Crippen molar-refractivity contribution in [1.29, 1.82) is 0 Å². The lowest BCUT2D eigenvalue weighted by molar-refractivity contribution is -0.111. The Bertz CT molecular complexity index is 580. The topological polar surface area (TPSA) is 29.1 Å². The maximum Gasteiger partial charge on any atom is 0.248 e. The molecule has 2 rings (SSSR count). The lowest BCUT2D eigenvalue weighted by Gasteiger charge is -2.02. The molecule has 0 saturated heterocycles. The number of rotatable bonds is 3. The van der Waals surface area contributed by atoms with Crippen molar-refractivity contribution in [2.45, 2.75) is 13.8 Å². The molecule has 0 atom stereocenters. The molecule has 0 unspecified atom stereocenters. The van der Waals surface area contributed by atoms with Crippen molar-refractivity contribution in [3.8, 4) is 0 Å². The highest BCUT2D eigenvalue weighted by Gasteiger charge is 1.97. The zero-order chi connectivity index (χ0) is 13.7. The molecule has 1 amide bonds. The van der Waals surface area contributed by atoms with Gasteiger partial charge in [0.05, 0.1) is 0 Å². The second-order valence-corrected chi connectivity index (χ2v) is 4.60. The van der Waals surface area contributed by atoms with Crippen molar-refractivity contribution in [3.05, 3.63) is 71.3 Å². The van der Waals surface area contributed by atoms with E-state index in [9.17, 15) is 4.79 Å². The highest BCUT2D eigenvalue weighted by atomic mass is 16.1. The first-order chi connectivity index (χ1) is 9.13. The van der Waals surface area contributed by atoms with Crippen LogP contribution in [0.1, 0.15) is 16.7 Å². The van der Waals surface area contributed by atoms with Gasteiger partial charge in [0.25, 0.3) is 0 Å². The van der Waals surface area contributed by atoms with Crippen LogP contribution >= 0.6 is 0 Å². The summed E-state index contributed by atoms with van der Waals surface area (Å²) in [6.45, 7) is 4.06. The molecular weight excluding hydrogens is 234 g/mol. The highest BCUT2D eigenvalue weighted by molar-refractivity contribution is 6.01. The molecule has 0 aromatic heterocycles. The highest BCUT2D eigenvalue weighted by Crippen LogP contribution is 2.09. The van der Waals surface area contributed by atoms with E-state index in [1.807, 2.05) is 68.5 Å². The van der Waals surface area contributed by atoms with Crippen LogP contribution in [0.4, 0.5) is 5.69 Å². The number of nitrogens with one attached hydrogen (secondary N) is 1. The van der Waals surface area contributed by atoms with Crippen LogP contribution in [0.15, 0.2) is 54.6 Å². The summed E-state index contributed by atoms with van der Waals surface area (Å²) in [7, 11) is 0. The fraction of sp³-hybridized carbons (Fsp3) is 0.118. The molecule has 19 heavy (non-hydrogen) atoms. The smallest absolute Gasteiger partial charge is 0.248 e. The molecule has 0 aliphatic rings. The first kappa shape index (κ1) is 13.1. The van der Waals surface area contributed by atoms with Crippen molar-refractivity contribution in [3.63, 3.8) is 0 Å². The third-order valence-corrected chi connectivity index (χ3v) is 2.82. The summed E-state index contributed by atoms with van der Waals surface area (Å²) in [6, 6.07) is 15.8. The maximum absolute atomic E-state index is 11.7. The number of aryl methyl sites for hydroxylation is 2. The van der Waals surface area contributed by atoms with Crippen molar-refractivity contribution in [1.82, 2.24) is 0 Å². The second-order valence-electron chi connectivity index (χ2n) is 4.60. The Balaban J connectivity index is 1.97. The molecule has 2 aromatic rings. The fourth-order valence-electron chi connectivity index (χ4n) is 1.67. The lowest BCUT2D eigenvalue weighted by atomic mass is 10.1. The number of amides is 1. The van der Waals surface area contributed by atoms with Gasteiger partial charge >= 0.3 is 0 Å². The molecule has 1 N–H and O–H groups in total. The fourth-order valence-corrected chi connectivity index (χ4v) is 1.67. The molecule has 0 fully saturated rings. The third kappa shape index (κ3) is 4.11. The van der Waals surface area contributed by atoms with Crippen LogP contribution in [0.2, 0.25) is 0 Å². The monoisotopic (exact) mass is 251 g/mol. The molecule has 0 aliphatic heterocycles. The molecule has 0 aliphatic carbocycles. The Labute approximate surface area is 113 Å². The average Bonchev–Trinajstić information content (AvgIpc) is 2.41. The van der Waals surface area contributed by atoms with Crippen LogP contribution in [-0.2, 0) is 4.79 Å². The van der Waals surface area contributed by atoms with E-state index < -0.39 is 0 Å². The molecule has 2 nitrogen and oxygen atoms in total. The van der Waals surface area contributed by atoms with E-state index in [1.54, 1.807) is 6.08 Å². The zero-order valence-electron chi connectivity index (χ0n) is 11.2. The number of anilines is 1. The Kier molecular flexibility index (Phi) is 4.14. The van der Waals surface area contributed by atoms with E-state index in [2.05, 4.69) is 5.32 Å². The third-order valence-electron chi connectivity index (χ3n) is 2.82. The minimum atomic E-state index is -0.121. The summed E-state index contributed by atoms with van der Waals surface area (Å²) < 4.78 is 0. The lowest BCUT2D eigenvalue weighted by Crippen LogP contribution is -2.07. The van der Waals surface area contributed by atoms with Crippen molar-refractivity contribution >= 4 is 17.7 Å². The van der Waals surface area contributed by atoms with E-state index in [4.69, 9.17) is 0 Å². The van der Waals surface area contributed by atoms with Gasteiger partial charge in [-0.1, -0.05) is 47.5 Å². The van der Waals surface area contributed by atoms with Gasteiger partial charge in [-0.25, -0.2) is 0 Å². The first-order valence-electron chi connectivity index (χ1n) is 6.26. The number of benzene rings is 2. The largest absolute Gasteiger partial charge is 0.323 e. The Morgan fingerprint density at radius 2 is 1.42 bits per heavy atom. The number of carbonyl (C=O) groups excluding carboxylic acids is 1. The summed E-state index contributed by atoms with van der Waals surface area (Å²) in [5, 5.41) is 2.83. The SMILES string of the molecule is Cc1ccc(C=CC(=O)Nc2ccc(C)cc2)cc1. The summed E-state index contributed by atoms with van der Waals surface area (Å²) in [4.78, 5) is 11.7. The molecular formula is C17H17NO. The van der Waals surface area contributed by atoms with E-state index in [0.29, 0.717) is 0 Å². The number of hydrogen-bond donors (Lipinski definition) is 1. The van der Waals surface area contributed by atoms with Crippen molar-refractivity contribution in [2.24, 2.45) is 0 Å². The zero-order valence-corrected chi connectivity index (χ0v) is 11.2. The van der Waals surface area contributed by atoms with E-state index in [0.717, 1.165) is 11.3 Å².